The van der Waals surface area contributed by atoms with Crippen molar-refractivity contribution in [2.45, 2.75) is 13.0 Å². The summed E-state index contributed by atoms with van der Waals surface area (Å²) in [5.41, 5.74) is 2.10. The Hall–Kier alpha value is -3.60. The first-order valence-corrected chi connectivity index (χ1v) is 8.66. The molecule has 0 spiro atoms. The van der Waals surface area contributed by atoms with Crippen LogP contribution in [0.3, 0.4) is 0 Å². The molecule has 1 saturated heterocycles. The molecule has 3 heterocycles. The van der Waals surface area contributed by atoms with Crippen molar-refractivity contribution in [2.24, 2.45) is 0 Å². The van der Waals surface area contributed by atoms with Crippen molar-refractivity contribution in [1.82, 2.24) is 24.8 Å². The molecule has 0 N–H and O–H groups in total. The molecule has 8 heteroatoms. The summed E-state index contributed by atoms with van der Waals surface area (Å²) in [6.45, 7) is 3.63. The highest BCUT2D eigenvalue weighted by atomic mass is 16.2. The minimum Gasteiger partial charge on any atom is -0.350 e. The molecular formula is C19H17N7O. The Kier molecular flexibility index (Phi) is 4.34. The van der Waals surface area contributed by atoms with E-state index in [-0.39, 0.29) is 11.9 Å². The SMILES string of the molecule is C[C@@H]1CN(c2nccnc2C#N)CCN1C(=O)c1cnc2ccccc2n1. The summed E-state index contributed by atoms with van der Waals surface area (Å²) in [7, 11) is 0. The molecule has 134 valence electrons. The fourth-order valence-electron chi connectivity index (χ4n) is 3.30. The van der Waals surface area contributed by atoms with Gasteiger partial charge in [-0.1, -0.05) is 12.1 Å². The monoisotopic (exact) mass is 359 g/mol. The molecule has 0 saturated carbocycles. The van der Waals surface area contributed by atoms with Crippen LogP contribution in [-0.4, -0.2) is 56.4 Å². The average Bonchev–Trinajstić information content (AvgIpc) is 2.72. The van der Waals surface area contributed by atoms with E-state index in [1.165, 1.54) is 12.4 Å². The normalized spacial score (nSPS) is 17.0. The van der Waals surface area contributed by atoms with Crippen LogP contribution in [0.25, 0.3) is 11.0 Å². The van der Waals surface area contributed by atoms with E-state index >= 15 is 0 Å². The number of para-hydroxylation sites is 2. The first-order valence-electron chi connectivity index (χ1n) is 8.66. The van der Waals surface area contributed by atoms with E-state index in [0.29, 0.717) is 42.4 Å². The predicted octanol–water partition coefficient (Wildman–Crippen LogP) is 1.64. The number of benzene rings is 1. The Balaban J connectivity index is 1.54. The van der Waals surface area contributed by atoms with E-state index in [1.807, 2.05) is 36.1 Å². The third-order valence-electron chi connectivity index (χ3n) is 4.64. The van der Waals surface area contributed by atoms with Gasteiger partial charge in [0.05, 0.1) is 17.2 Å². The number of fused-ring (bicyclic) bond motifs is 1. The van der Waals surface area contributed by atoms with Gasteiger partial charge >= 0.3 is 0 Å². The molecule has 2 aromatic heterocycles. The summed E-state index contributed by atoms with van der Waals surface area (Å²) < 4.78 is 0. The van der Waals surface area contributed by atoms with Gasteiger partial charge in [-0.2, -0.15) is 5.26 Å². The maximum absolute atomic E-state index is 12.9. The molecule has 27 heavy (non-hydrogen) atoms. The lowest BCUT2D eigenvalue weighted by atomic mass is 10.1. The molecule has 0 radical (unpaired) electrons. The summed E-state index contributed by atoms with van der Waals surface area (Å²) in [5, 5.41) is 9.23. The van der Waals surface area contributed by atoms with Gasteiger partial charge in [-0.3, -0.25) is 9.78 Å². The molecule has 4 rings (SSSR count). The third-order valence-corrected chi connectivity index (χ3v) is 4.64. The van der Waals surface area contributed by atoms with Crippen molar-refractivity contribution in [1.29, 1.82) is 5.26 Å². The first kappa shape index (κ1) is 16.8. The van der Waals surface area contributed by atoms with Gasteiger partial charge in [-0.25, -0.2) is 15.0 Å². The number of nitrogens with zero attached hydrogens (tertiary/aromatic N) is 7. The number of nitriles is 1. The van der Waals surface area contributed by atoms with Gasteiger partial charge in [0.2, 0.25) is 0 Å². The van der Waals surface area contributed by atoms with Crippen LogP contribution in [0.4, 0.5) is 5.82 Å². The van der Waals surface area contributed by atoms with Crippen LogP contribution in [0.2, 0.25) is 0 Å². The zero-order chi connectivity index (χ0) is 18.8. The quantitative estimate of drug-likeness (QED) is 0.686. The molecule has 1 atom stereocenters. The zero-order valence-electron chi connectivity index (χ0n) is 14.8. The molecule has 1 aliphatic heterocycles. The summed E-state index contributed by atoms with van der Waals surface area (Å²) in [4.78, 5) is 33.9. The summed E-state index contributed by atoms with van der Waals surface area (Å²) in [6, 6.07) is 9.49. The van der Waals surface area contributed by atoms with Crippen LogP contribution < -0.4 is 4.90 Å². The van der Waals surface area contributed by atoms with Crippen LogP contribution in [0, 0.1) is 11.3 Å². The molecule has 0 aliphatic carbocycles. The number of carbonyl (C=O) groups excluding carboxylic acids is 1. The van der Waals surface area contributed by atoms with Gasteiger partial charge in [0, 0.05) is 38.1 Å². The zero-order valence-corrected chi connectivity index (χ0v) is 14.8. The second-order valence-corrected chi connectivity index (χ2v) is 6.38. The van der Waals surface area contributed by atoms with Crippen LogP contribution in [-0.2, 0) is 0 Å². The van der Waals surface area contributed by atoms with Crippen molar-refractivity contribution in [3.8, 4) is 6.07 Å². The Bertz CT molecular complexity index is 1050. The number of hydrogen-bond donors (Lipinski definition) is 0. The van der Waals surface area contributed by atoms with Gasteiger partial charge in [-0.05, 0) is 19.1 Å². The van der Waals surface area contributed by atoms with Gasteiger partial charge < -0.3 is 9.80 Å². The highest BCUT2D eigenvalue weighted by molar-refractivity contribution is 5.94. The standard InChI is InChI=1S/C19H17N7O/c1-13-12-25(18-16(10-20)21-6-7-22-18)8-9-26(13)19(27)17-11-23-14-4-2-3-5-15(14)24-17/h2-7,11,13H,8-9,12H2,1H3/t13-/m1/s1. The average molecular weight is 359 g/mol. The molecule has 1 aromatic carbocycles. The largest absolute Gasteiger partial charge is 0.350 e. The van der Waals surface area contributed by atoms with Crippen LogP contribution in [0.5, 0.6) is 0 Å². The Morgan fingerprint density at radius 1 is 1.15 bits per heavy atom. The first-order chi connectivity index (χ1) is 13.2. The molecule has 1 amide bonds. The highest BCUT2D eigenvalue weighted by Gasteiger charge is 2.30. The number of anilines is 1. The molecule has 0 bridgehead atoms. The maximum atomic E-state index is 12.9. The number of piperazine rings is 1. The second kappa shape index (κ2) is 6.96. The topological polar surface area (TPSA) is 98.9 Å². The number of amides is 1. The smallest absolute Gasteiger partial charge is 0.274 e. The lowest BCUT2D eigenvalue weighted by Gasteiger charge is -2.40. The second-order valence-electron chi connectivity index (χ2n) is 6.38. The molecule has 8 nitrogen and oxygen atoms in total. The van der Waals surface area contributed by atoms with E-state index in [0.717, 1.165) is 5.52 Å². The van der Waals surface area contributed by atoms with Crippen LogP contribution in [0.15, 0.2) is 42.9 Å². The van der Waals surface area contributed by atoms with Crippen LogP contribution in [0.1, 0.15) is 23.1 Å². The molecular weight excluding hydrogens is 342 g/mol. The number of aromatic nitrogens is 4. The Labute approximate surface area is 156 Å². The predicted molar refractivity (Wildman–Crippen MR) is 99.0 cm³/mol. The van der Waals surface area contributed by atoms with Gasteiger partial charge in [-0.15, -0.1) is 0 Å². The summed E-state index contributed by atoms with van der Waals surface area (Å²) >= 11 is 0. The minimum atomic E-state index is -0.139. The van der Waals surface area contributed by atoms with Crippen molar-refractivity contribution in [3.05, 3.63) is 54.2 Å². The van der Waals surface area contributed by atoms with Crippen molar-refractivity contribution in [2.75, 3.05) is 24.5 Å². The van der Waals surface area contributed by atoms with E-state index in [1.54, 1.807) is 11.1 Å². The van der Waals surface area contributed by atoms with Gasteiger partial charge in [0.15, 0.2) is 11.5 Å². The van der Waals surface area contributed by atoms with Gasteiger partial charge in [0.1, 0.15) is 11.8 Å². The third kappa shape index (κ3) is 3.15. The number of rotatable bonds is 2. The lowest BCUT2D eigenvalue weighted by molar-refractivity contribution is 0.0667. The fraction of sp³-hybridized carbons (Fsp3) is 0.263. The highest BCUT2D eigenvalue weighted by Crippen LogP contribution is 2.20. The van der Waals surface area contributed by atoms with Crippen molar-refractivity contribution < 1.29 is 4.79 Å². The van der Waals surface area contributed by atoms with Crippen molar-refractivity contribution in [3.63, 3.8) is 0 Å². The van der Waals surface area contributed by atoms with Crippen LogP contribution >= 0.6 is 0 Å². The fourth-order valence-corrected chi connectivity index (χ4v) is 3.30. The summed E-state index contributed by atoms with van der Waals surface area (Å²) in [5.74, 6) is 0.421. The van der Waals surface area contributed by atoms with Crippen molar-refractivity contribution >= 4 is 22.8 Å². The molecule has 1 aliphatic rings. The summed E-state index contributed by atoms with van der Waals surface area (Å²) in [6.07, 6.45) is 4.60. The Morgan fingerprint density at radius 2 is 1.93 bits per heavy atom. The molecule has 3 aromatic rings. The van der Waals surface area contributed by atoms with Gasteiger partial charge in [0.25, 0.3) is 5.91 Å². The van der Waals surface area contributed by atoms with E-state index in [9.17, 15) is 10.1 Å². The lowest BCUT2D eigenvalue weighted by Crippen LogP contribution is -2.54. The number of hydrogen-bond acceptors (Lipinski definition) is 7. The van der Waals surface area contributed by atoms with E-state index in [2.05, 4.69) is 26.0 Å². The Morgan fingerprint density at radius 3 is 2.70 bits per heavy atom. The molecule has 0 unspecified atom stereocenters. The molecule has 1 fully saturated rings. The maximum Gasteiger partial charge on any atom is 0.274 e. The van der Waals surface area contributed by atoms with E-state index in [4.69, 9.17) is 0 Å². The van der Waals surface area contributed by atoms with E-state index < -0.39 is 0 Å². The number of carbonyl (C=O) groups is 1. The minimum absolute atomic E-state index is 0.0620.